The zero-order valence-corrected chi connectivity index (χ0v) is 23.3. The molecule has 0 radical (unpaired) electrons. The van der Waals surface area contributed by atoms with Gasteiger partial charge in [-0.15, -0.1) is 0 Å². The lowest BCUT2D eigenvalue weighted by Gasteiger charge is -2.36. The van der Waals surface area contributed by atoms with Crippen molar-refractivity contribution < 1.29 is 64.1 Å². The number of phenols is 2. The molecule has 2 aliphatic rings. The monoisotopic (exact) mass is 622 g/mol. The number of carboxylic acids is 4. The number of carbonyl (C=O) groups excluding carboxylic acids is 1. The Balaban J connectivity index is 1.76. The quantitative estimate of drug-likeness (QED) is 0.158. The van der Waals surface area contributed by atoms with Crippen LogP contribution in [0.15, 0.2) is 48.5 Å². The maximum atomic E-state index is 13.9. The number of aromatic hydroxyl groups is 2. The third-order valence-corrected chi connectivity index (χ3v) is 7.36. The number of rotatable bonds is 12. The number of ether oxygens (including phenoxy) is 2. The van der Waals surface area contributed by atoms with Gasteiger partial charge in [0.2, 0.25) is 0 Å². The highest BCUT2D eigenvalue weighted by Gasteiger charge is 2.54. The molecule has 15 heteroatoms. The van der Waals surface area contributed by atoms with Crippen molar-refractivity contribution in [2.45, 2.75) is 18.7 Å². The molecule has 3 aromatic rings. The third kappa shape index (κ3) is 5.93. The summed E-state index contributed by atoms with van der Waals surface area (Å²) in [7, 11) is 0. The molecule has 0 aliphatic carbocycles. The number of carbonyl (C=O) groups is 5. The van der Waals surface area contributed by atoms with Crippen molar-refractivity contribution in [2.75, 3.05) is 26.2 Å². The van der Waals surface area contributed by atoms with E-state index in [0.717, 1.165) is 9.80 Å². The van der Waals surface area contributed by atoms with E-state index in [2.05, 4.69) is 0 Å². The molecule has 45 heavy (non-hydrogen) atoms. The van der Waals surface area contributed by atoms with Gasteiger partial charge >= 0.3 is 29.8 Å². The number of fused-ring (bicyclic) bond motifs is 6. The van der Waals surface area contributed by atoms with E-state index >= 15 is 0 Å². The Morgan fingerprint density at radius 1 is 0.644 bits per heavy atom. The summed E-state index contributed by atoms with van der Waals surface area (Å²) in [5.74, 6) is -6.36. The predicted molar refractivity (Wildman–Crippen MR) is 149 cm³/mol. The van der Waals surface area contributed by atoms with Crippen molar-refractivity contribution in [1.29, 1.82) is 0 Å². The molecule has 2 heterocycles. The Hall–Kier alpha value is -5.67. The van der Waals surface area contributed by atoms with E-state index in [1.54, 1.807) is 0 Å². The fourth-order valence-corrected chi connectivity index (χ4v) is 5.79. The van der Waals surface area contributed by atoms with E-state index in [0.29, 0.717) is 11.1 Å². The number of carboxylic acid groups (broad SMARTS) is 4. The second-order valence-electron chi connectivity index (χ2n) is 10.5. The second kappa shape index (κ2) is 11.8. The predicted octanol–water partition coefficient (Wildman–Crippen LogP) is 1.61. The first kappa shape index (κ1) is 30.8. The molecule has 2 aliphatic heterocycles. The van der Waals surface area contributed by atoms with E-state index < -0.39 is 68.2 Å². The highest BCUT2D eigenvalue weighted by atomic mass is 16.6. The molecule has 0 bridgehead atoms. The smallest absolute Gasteiger partial charge is 0.340 e. The normalized spacial score (nSPS) is 14.0. The highest BCUT2D eigenvalue weighted by molar-refractivity contribution is 5.99. The van der Waals surface area contributed by atoms with Crippen molar-refractivity contribution in [2.24, 2.45) is 0 Å². The average Bonchev–Trinajstić information content (AvgIpc) is 3.20. The zero-order chi connectivity index (χ0) is 32.6. The Kier molecular flexibility index (Phi) is 8.06. The molecule has 0 aromatic heterocycles. The van der Waals surface area contributed by atoms with Crippen LogP contribution in [0.2, 0.25) is 0 Å². The highest BCUT2D eigenvalue weighted by Crippen LogP contribution is 2.57. The van der Waals surface area contributed by atoms with Gasteiger partial charge in [0.1, 0.15) is 23.0 Å². The minimum Gasteiger partial charge on any atom is -0.508 e. The van der Waals surface area contributed by atoms with Crippen LogP contribution in [0.3, 0.4) is 0 Å². The van der Waals surface area contributed by atoms with Crippen LogP contribution < -0.4 is 4.74 Å². The Morgan fingerprint density at radius 2 is 1.09 bits per heavy atom. The number of hydrogen-bond donors (Lipinski definition) is 6. The summed E-state index contributed by atoms with van der Waals surface area (Å²) >= 11 is 0. The maximum Gasteiger partial charge on any atom is 0.340 e. The van der Waals surface area contributed by atoms with E-state index in [9.17, 15) is 54.6 Å². The van der Waals surface area contributed by atoms with Gasteiger partial charge in [0.25, 0.3) is 0 Å². The maximum absolute atomic E-state index is 13.9. The van der Waals surface area contributed by atoms with Crippen LogP contribution in [0.25, 0.3) is 0 Å². The van der Waals surface area contributed by atoms with Crippen LogP contribution in [0.1, 0.15) is 38.2 Å². The Labute approximate surface area is 253 Å². The fraction of sp³-hybridized carbons (Fsp3) is 0.233. The molecule has 234 valence electrons. The van der Waals surface area contributed by atoms with Gasteiger partial charge in [-0.05, 0) is 35.4 Å². The van der Waals surface area contributed by atoms with Crippen LogP contribution in [0, 0.1) is 0 Å². The molecular weight excluding hydrogens is 596 g/mol. The van der Waals surface area contributed by atoms with Gasteiger partial charge in [-0.25, -0.2) is 4.79 Å². The van der Waals surface area contributed by atoms with E-state index in [1.165, 1.54) is 48.5 Å². The first-order chi connectivity index (χ1) is 21.3. The molecule has 1 spiro atoms. The van der Waals surface area contributed by atoms with Gasteiger partial charge in [0, 0.05) is 41.9 Å². The van der Waals surface area contributed by atoms with Gasteiger partial charge in [-0.1, -0.05) is 12.1 Å². The molecule has 6 N–H and O–H groups in total. The molecule has 0 saturated carbocycles. The van der Waals surface area contributed by atoms with Crippen molar-refractivity contribution in [3.05, 3.63) is 81.9 Å². The van der Waals surface area contributed by atoms with E-state index in [4.69, 9.17) is 9.47 Å². The molecule has 0 unspecified atom stereocenters. The first-order valence-corrected chi connectivity index (χ1v) is 13.3. The van der Waals surface area contributed by atoms with Crippen molar-refractivity contribution in [3.8, 4) is 23.0 Å². The standard InChI is InChI=1S/C30H26N2O13/c33-16-2-5-19-22(7-16)44-23-8-17(34)3-6-20(23)30(19)21-4-1-15(9-31(11-24(35)36)12-25(37)38)18(28(21)29(43)45-30)10-32(13-26(39)40)14-27(41)42/h1-8,33-34H,9-14H2,(H,35,36)(H,37,38)(H,39,40)(H,41,42). The van der Waals surface area contributed by atoms with Crippen molar-refractivity contribution in [3.63, 3.8) is 0 Å². The topological polar surface area (TPSA) is 232 Å². The van der Waals surface area contributed by atoms with Crippen molar-refractivity contribution in [1.82, 2.24) is 9.80 Å². The van der Waals surface area contributed by atoms with Gasteiger partial charge in [0.15, 0.2) is 5.60 Å². The summed E-state index contributed by atoms with van der Waals surface area (Å²) in [6.45, 7) is -3.57. The fourth-order valence-electron chi connectivity index (χ4n) is 5.79. The van der Waals surface area contributed by atoms with Crippen LogP contribution in [0.5, 0.6) is 23.0 Å². The van der Waals surface area contributed by atoms with Gasteiger partial charge < -0.3 is 40.1 Å². The summed E-state index contributed by atoms with van der Waals surface area (Å²) < 4.78 is 12.1. The SMILES string of the molecule is O=C(O)CN(CC(=O)O)Cc1ccc2c(c1CN(CC(=O)O)CC(=O)O)C(=O)OC21c2ccc(O)cc2Oc2cc(O)ccc21. The van der Waals surface area contributed by atoms with Crippen LogP contribution in [-0.2, 0) is 42.6 Å². The molecular formula is C30H26N2O13. The lowest BCUT2D eigenvalue weighted by Crippen LogP contribution is -2.36. The first-order valence-electron chi connectivity index (χ1n) is 13.3. The molecule has 0 fully saturated rings. The van der Waals surface area contributed by atoms with Gasteiger partial charge in [-0.2, -0.15) is 0 Å². The van der Waals surface area contributed by atoms with E-state index in [1.807, 2.05) is 0 Å². The van der Waals surface area contributed by atoms with Crippen molar-refractivity contribution >= 4 is 29.8 Å². The minimum atomic E-state index is -1.70. The van der Waals surface area contributed by atoms with Gasteiger partial charge in [-0.3, -0.25) is 29.0 Å². The number of benzene rings is 3. The second-order valence-corrected chi connectivity index (χ2v) is 10.5. The van der Waals surface area contributed by atoms with Crippen LogP contribution >= 0.6 is 0 Å². The average molecular weight is 623 g/mol. The molecule has 0 saturated heterocycles. The minimum absolute atomic E-state index is 0.0705. The molecule has 0 amide bonds. The Morgan fingerprint density at radius 3 is 1.56 bits per heavy atom. The molecule has 3 aromatic carbocycles. The number of aliphatic carboxylic acids is 4. The largest absolute Gasteiger partial charge is 0.508 e. The number of esters is 1. The van der Waals surface area contributed by atoms with Gasteiger partial charge in [0.05, 0.1) is 31.7 Å². The summed E-state index contributed by atoms with van der Waals surface area (Å²) in [5, 5.41) is 58.1. The zero-order valence-electron chi connectivity index (χ0n) is 23.3. The summed E-state index contributed by atoms with van der Waals surface area (Å²) in [4.78, 5) is 62.3. The molecule has 15 nitrogen and oxygen atoms in total. The van der Waals surface area contributed by atoms with Crippen LogP contribution in [0.4, 0.5) is 0 Å². The lowest BCUT2D eigenvalue weighted by molar-refractivity contribution is -0.144. The number of nitrogens with zero attached hydrogens (tertiary/aromatic N) is 2. The summed E-state index contributed by atoms with van der Waals surface area (Å²) in [6.07, 6.45) is 0. The van der Waals surface area contributed by atoms with Crippen LogP contribution in [-0.4, -0.2) is 96.5 Å². The number of phenolic OH excluding ortho intramolecular Hbond substituents is 2. The summed E-state index contributed by atoms with van der Waals surface area (Å²) in [5.41, 5.74) is -0.595. The third-order valence-electron chi connectivity index (χ3n) is 7.36. The Bertz CT molecular complexity index is 1670. The molecule has 0 atom stereocenters. The molecule has 5 rings (SSSR count). The lowest BCUT2D eigenvalue weighted by atomic mass is 9.76. The summed E-state index contributed by atoms with van der Waals surface area (Å²) in [6, 6.07) is 11.3. The number of hydrogen-bond acceptors (Lipinski definition) is 11. The van der Waals surface area contributed by atoms with E-state index in [-0.39, 0.29) is 51.8 Å².